The first kappa shape index (κ1) is 24.3. The van der Waals surface area contributed by atoms with Crippen molar-refractivity contribution >= 4 is 51.9 Å². The molecule has 1 aliphatic rings. The van der Waals surface area contributed by atoms with Gasteiger partial charge in [0.1, 0.15) is 15.8 Å². The summed E-state index contributed by atoms with van der Waals surface area (Å²) in [5.41, 5.74) is 3.24. The van der Waals surface area contributed by atoms with E-state index in [-0.39, 0.29) is 5.91 Å². The Morgan fingerprint density at radius 2 is 2.03 bits per heavy atom. The monoisotopic (exact) mass is 509 g/mol. The van der Waals surface area contributed by atoms with Gasteiger partial charge in [0.15, 0.2) is 0 Å². The highest BCUT2D eigenvalue weighted by molar-refractivity contribution is 8.26. The third-order valence-electron chi connectivity index (χ3n) is 5.20. The van der Waals surface area contributed by atoms with Crippen LogP contribution in [0.15, 0.2) is 72.3 Å². The first-order valence-electron chi connectivity index (χ1n) is 11.0. The molecule has 4 rings (SSSR count). The molecule has 1 saturated heterocycles. The van der Waals surface area contributed by atoms with E-state index in [0.717, 1.165) is 29.7 Å². The van der Waals surface area contributed by atoms with Crippen LogP contribution in [0.4, 0.5) is 0 Å². The first-order valence-corrected chi connectivity index (χ1v) is 12.6. The van der Waals surface area contributed by atoms with Gasteiger partial charge >= 0.3 is 0 Å². The third kappa shape index (κ3) is 5.27. The van der Waals surface area contributed by atoms with Gasteiger partial charge in [0.05, 0.1) is 22.2 Å². The first-order chi connectivity index (χ1) is 16.5. The summed E-state index contributed by atoms with van der Waals surface area (Å²) in [7, 11) is 0. The van der Waals surface area contributed by atoms with Gasteiger partial charge in [0.25, 0.3) is 5.91 Å². The van der Waals surface area contributed by atoms with Gasteiger partial charge < -0.3 is 4.74 Å². The van der Waals surface area contributed by atoms with Gasteiger partial charge in [-0.05, 0) is 42.8 Å². The molecule has 0 spiro atoms. The lowest BCUT2D eigenvalue weighted by atomic mass is 10.1. The highest BCUT2D eigenvalue weighted by Crippen LogP contribution is 2.36. The second-order valence-electron chi connectivity index (χ2n) is 7.64. The molecule has 0 saturated carbocycles. The minimum atomic E-state index is -0.133. The van der Waals surface area contributed by atoms with Crippen LogP contribution in [-0.4, -0.2) is 38.1 Å². The maximum Gasteiger partial charge on any atom is 0.266 e. The number of hydrogen-bond acceptors (Lipinski definition) is 5. The quantitative estimate of drug-likeness (QED) is 0.138. The fraction of sp³-hybridized carbons (Fsp3) is 0.192. The lowest BCUT2D eigenvalue weighted by Gasteiger charge is -2.10. The summed E-state index contributed by atoms with van der Waals surface area (Å²) in [6.07, 6.45) is 7.43. The Balaban J connectivity index is 1.74. The van der Waals surface area contributed by atoms with Crippen molar-refractivity contribution in [3.8, 4) is 22.7 Å². The van der Waals surface area contributed by atoms with Crippen LogP contribution >= 0.6 is 35.6 Å². The van der Waals surface area contributed by atoms with Crippen LogP contribution in [0.3, 0.4) is 0 Å². The van der Waals surface area contributed by atoms with Gasteiger partial charge in [-0.15, -0.1) is 6.58 Å². The van der Waals surface area contributed by atoms with E-state index >= 15 is 0 Å². The molecule has 1 amide bonds. The molecule has 1 fully saturated rings. The Kier molecular flexibility index (Phi) is 7.88. The maximum absolute atomic E-state index is 12.9. The molecule has 0 aliphatic carbocycles. The van der Waals surface area contributed by atoms with Crippen molar-refractivity contribution in [3.05, 3.63) is 82.9 Å². The smallest absolute Gasteiger partial charge is 0.266 e. The number of unbranched alkanes of at least 4 members (excludes halogenated alkanes) is 1. The number of nitrogens with zero attached hydrogens (tertiary/aromatic N) is 3. The average molecular weight is 510 g/mol. The van der Waals surface area contributed by atoms with Crippen molar-refractivity contribution in [1.29, 1.82) is 0 Å². The zero-order chi connectivity index (χ0) is 24.1. The van der Waals surface area contributed by atoms with Crippen LogP contribution in [0.1, 0.15) is 25.3 Å². The fourth-order valence-corrected chi connectivity index (χ4v) is 4.95. The Hall–Kier alpha value is -2.87. The van der Waals surface area contributed by atoms with Crippen LogP contribution in [0.25, 0.3) is 23.0 Å². The molecule has 174 valence electrons. The number of thioether (sulfide) groups is 1. The number of benzene rings is 2. The van der Waals surface area contributed by atoms with E-state index in [0.29, 0.717) is 38.8 Å². The van der Waals surface area contributed by atoms with Crippen molar-refractivity contribution in [3.63, 3.8) is 0 Å². The lowest BCUT2D eigenvalue weighted by Crippen LogP contribution is -2.27. The van der Waals surface area contributed by atoms with Gasteiger partial charge in [0, 0.05) is 23.9 Å². The molecule has 0 unspecified atom stereocenters. The number of ether oxygens (including phenoxy) is 1. The Bertz CT molecular complexity index is 1250. The molecule has 2 heterocycles. The van der Waals surface area contributed by atoms with Crippen molar-refractivity contribution in [2.75, 3.05) is 13.2 Å². The molecule has 34 heavy (non-hydrogen) atoms. The number of thiocarbonyl (C=S) groups is 1. The second kappa shape index (κ2) is 11.0. The summed E-state index contributed by atoms with van der Waals surface area (Å²) in [4.78, 5) is 15.0. The summed E-state index contributed by atoms with van der Waals surface area (Å²) >= 11 is 13.2. The predicted octanol–water partition coefficient (Wildman–Crippen LogP) is 6.76. The normalized spacial score (nSPS) is 14.8. The van der Waals surface area contributed by atoms with Crippen LogP contribution in [-0.2, 0) is 4.79 Å². The summed E-state index contributed by atoms with van der Waals surface area (Å²) in [6.45, 7) is 6.83. The van der Waals surface area contributed by atoms with E-state index in [1.54, 1.807) is 15.7 Å². The Morgan fingerprint density at radius 1 is 1.24 bits per heavy atom. The van der Waals surface area contributed by atoms with Crippen molar-refractivity contribution in [1.82, 2.24) is 14.7 Å². The number of rotatable bonds is 9. The van der Waals surface area contributed by atoms with E-state index in [1.807, 2.05) is 60.8 Å². The number of aromatic nitrogens is 2. The van der Waals surface area contributed by atoms with Gasteiger partial charge in [-0.2, -0.15) is 5.10 Å². The molecular weight excluding hydrogens is 486 g/mol. The van der Waals surface area contributed by atoms with E-state index in [2.05, 4.69) is 13.5 Å². The van der Waals surface area contributed by atoms with Crippen LogP contribution in [0, 0.1) is 0 Å². The molecule has 1 aromatic heterocycles. The van der Waals surface area contributed by atoms with Crippen molar-refractivity contribution < 1.29 is 9.53 Å². The number of para-hydroxylation sites is 1. The molecule has 1 aliphatic heterocycles. The minimum absolute atomic E-state index is 0.133. The number of amides is 1. The second-order valence-corrected chi connectivity index (χ2v) is 9.72. The number of carbonyl (C=O) groups excluding carboxylic acids is 1. The Morgan fingerprint density at radius 3 is 2.74 bits per heavy atom. The number of halogens is 1. The van der Waals surface area contributed by atoms with E-state index < -0.39 is 0 Å². The molecule has 0 N–H and O–H groups in total. The summed E-state index contributed by atoms with van der Waals surface area (Å²) in [5, 5.41) is 5.35. The average Bonchev–Trinajstić information content (AvgIpc) is 3.37. The predicted molar refractivity (Wildman–Crippen MR) is 144 cm³/mol. The number of hydrogen-bond donors (Lipinski definition) is 0. The van der Waals surface area contributed by atoms with E-state index in [1.165, 1.54) is 11.8 Å². The highest BCUT2D eigenvalue weighted by atomic mass is 35.5. The fourth-order valence-electron chi connectivity index (χ4n) is 3.45. The largest absolute Gasteiger partial charge is 0.492 e. The minimum Gasteiger partial charge on any atom is -0.492 e. The van der Waals surface area contributed by atoms with E-state index in [4.69, 9.17) is 33.7 Å². The molecule has 8 heteroatoms. The summed E-state index contributed by atoms with van der Waals surface area (Å²) in [6, 6.07) is 15.5. The molecular formula is C26H24ClN3O2S2. The summed E-state index contributed by atoms with van der Waals surface area (Å²) in [5.74, 6) is 0.513. The van der Waals surface area contributed by atoms with Crippen molar-refractivity contribution in [2.24, 2.45) is 0 Å². The maximum atomic E-state index is 12.9. The van der Waals surface area contributed by atoms with Crippen LogP contribution < -0.4 is 4.74 Å². The van der Waals surface area contributed by atoms with Gasteiger partial charge in [-0.25, -0.2) is 4.68 Å². The van der Waals surface area contributed by atoms with Crippen molar-refractivity contribution in [2.45, 2.75) is 19.8 Å². The van der Waals surface area contributed by atoms with Gasteiger partial charge in [0.2, 0.25) is 0 Å². The standard InChI is InChI=1S/C26H24ClN3O2S2/c1-3-5-14-32-22-12-11-18(15-21(22)27)24-19(17-30(28-24)20-9-7-6-8-10-20)16-23-25(31)29(13-4-2)26(33)34-23/h4,6-12,15-17H,2-3,5,13-14H2,1H3/b23-16-. The molecule has 5 nitrogen and oxygen atoms in total. The molecule has 0 atom stereocenters. The van der Waals surface area contributed by atoms with Crippen LogP contribution in [0.2, 0.25) is 5.02 Å². The zero-order valence-corrected chi connectivity index (χ0v) is 21.1. The molecule has 0 bridgehead atoms. The number of carbonyl (C=O) groups is 1. The lowest BCUT2D eigenvalue weighted by molar-refractivity contribution is -0.121. The third-order valence-corrected chi connectivity index (χ3v) is 6.87. The molecule has 2 aromatic carbocycles. The highest BCUT2D eigenvalue weighted by Gasteiger charge is 2.31. The van der Waals surface area contributed by atoms with Crippen LogP contribution in [0.5, 0.6) is 5.75 Å². The molecule has 0 radical (unpaired) electrons. The topological polar surface area (TPSA) is 47.4 Å². The van der Waals surface area contributed by atoms with Gasteiger partial charge in [-0.3, -0.25) is 9.69 Å². The zero-order valence-electron chi connectivity index (χ0n) is 18.7. The summed E-state index contributed by atoms with van der Waals surface area (Å²) < 4.78 is 8.11. The SMILES string of the molecule is C=CCN1C(=O)/C(=C/c2cn(-c3ccccc3)nc2-c2ccc(OCCCC)c(Cl)c2)SC1=S. The molecule has 3 aromatic rings. The Labute approximate surface area is 214 Å². The van der Waals surface area contributed by atoms with E-state index in [9.17, 15) is 4.79 Å². The van der Waals surface area contributed by atoms with Gasteiger partial charge in [-0.1, -0.05) is 73.2 Å².